The van der Waals surface area contributed by atoms with Gasteiger partial charge < -0.3 is 4.74 Å². The van der Waals surface area contributed by atoms with Gasteiger partial charge >= 0.3 is 5.97 Å². The Kier molecular flexibility index (Phi) is 6.79. The van der Waals surface area contributed by atoms with Gasteiger partial charge in [-0.3, -0.25) is 4.79 Å². The van der Waals surface area contributed by atoms with Crippen LogP contribution in [0, 0.1) is 23.7 Å². The van der Waals surface area contributed by atoms with E-state index in [-0.39, 0.29) is 5.97 Å². The first-order valence-corrected chi connectivity index (χ1v) is 9.10. The Morgan fingerprint density at radius 2 is 2.00 bits per heavy atom. The van der Waals surface area contributed by atoms with E-state index >= 15 is 0 Å². The molecule has 0 heterocycles. The summed E-state index contributed by atoms with van der Waals surface area (Å²) in [5.41, 5.74) is 0. The second-order valence-electron chi connectivity index (χ2n) is 6.87. The molecule has 2 heteroatoms. The summed E-state index contributed by atoms with van der Waals surface area (Å²) in [6, 6.07) is 0. The van der Waals surface area contributed by atoms with Gasteiger partial charge in [0.05, 0.1) is 6.61 Å². The van der Waals surface area contributed by atoms with Crippen molar-refractivity contribution in [3.8, 4) is 0 Å². The average Bonchev–Trinajstić information content (AvgIpc) is 2.97. The minimum absolute atomic E-state index is 0.00269. The molecule has 120 valence electrons. The minimum atomic E-state index is 0.00269. The van der Waals surface area contributed by atoms with Crippen LogP contribution in [0.15, 0.2) is 12.2 Å². The molecule has 0 N–H and O–H groups in total. The number of hydrogen-bond donors (Lipinski definition) is 0. The summed E-state index contributed by atoms with van der Waals surface area (Å²) < 4.78 is 5.55. The van der Waals surface area contributed by atoms with E-state index in [0.717, 1.165) is 30.6 Å². The van der Waals surface area contributed by atoms with Crippen molar-refractivity contribution >= 4 is 5.97 Å². The first-order valence-electron chi connectivity index (χ1n) is 9.10. The molecular weight excluding hydrogens is 260 g/mol. The van der Waals surface area contributed by atoms with Crippen LogP contribution in [0.1, 0.15) is 71.6 Å². The quantitative estimate of drug-likeness (QED) is 0.352. The first kappa shape index (κ1) is 16.6. The molecule has 2 rings (SSSR count). The Hall–Kier alpha value is -0.790. The van der Waals surface area contributed by atoms with Crippen molar-refractivity contribution in [1.82, 2.24) is 0 Å². The number of hydrogen-bond acceptors (Lipinski definition) is 2. The van der Waals surface area contributed by atoms with Crippen molar-refractivity contribution in [2.45, 2.75) is 71.6 Å². The van der Waals surface area contributed by atoms with E-state index in [1.807, 2.05) is 0 Å². The summed E-state index contributed by atoms with van der Waals surface area (Å²) in [6.07, 6.45) is 15.2. The molecule has 0 aromatic carbocycles. The molecule has 0 aromatic heterocycles. The summed E-state index contributed by atoms with van der Waals surface area (Å²) in [5.74, 6) is 2.82. The molecule has 0 unspecified atom stereocenters. The largest absolute Gasteiger partial charge is 0.465 e. The van der Waals surface area contributed by atoms with Gasteiger partial charge in [-0.05, 0) is 37.0 Å². The third kappa shape index (κ3) is 4.59. The van der Waals surface area contributed by atoms with Crippen molar-refractivity contribution in [2.75, 3.05) is 6.61 Å². The predicted molar refractivity (Wildman–Crippen MR) is 87.0 cm³/mol. The second-order valence-corrected chi connectivity index (χ2v) is 6.87. The van der Waals surface area contributed by atoms with Crippen LogP contribution >= 0.6 is 0 Å². The molecular formula is C19H32O2. The number of carbonyl (C=O) groups is 1. The van der Waals surface area contributed by atoms with E-state index in [1.165, 1.54) is 38.5 Å². The zero-order chi connectivity index (χ0) is 15.1. The molecule has 0 spiro atoms. The van der Waals surface area contributed by atoms with E-state index in [0.29, 0.717) is 18.9 Å². The van der Waals surface area contributed by atoms with E-state index in [1.54, 1.807) is 0 Å². The van der Waals surface area contributed by atoms with Gasteiger partial charge in [0.25, 0.3) is 0 Å². The van der Waals surface area contributed by atoms with Crippen LogP contribution in [0.25, 0.3) is 0 Å². The zero-order valence-corrected chi connectivity index (χ0v) is 13.9. The molecule has 2 aliphatic carbocycles. The smallest absolute Gasteiger partial charge is 0.305 e. The van der Waals surface area contributed by atoms with Gasteiger partial charge in [-0.15, -0.1) is 0 Å². The number of esters is 1. The normalized spacial score (nSPS) is 31.1. The summed E-state index contributed by atoms with van der Waals surface area (Å²) in [6.45, 7) is 5.08. The molecule has 1 fully saturated rings. The first-order chi connectivity index (χ1) is 10.3. The van der Waals surface area contributed by atoms with Crippen molar-refractivity contribution in [3.05, 3.63) is 12.2 Å². The van der Waals surface area contributed by atoms with Crippen molar-refractivity contribution in [2.24, 2.45) is 23.7 Å². The third-order valence-corrected chi connectivity index (χ3v) is 5.47. The van der Waals surface area contributed by atoms with Crippen LogP contribution in [0.2, 0.25) is 0 Å². The Morgan fingerprint density at radius 3 is 2.76 bits per heavy atom. The number of rotatable bonds is 8. The molecule has 0 amide bonds. The lowest BCUT2D eigenvalue weighted by molar-refractivity contribution is -0.145. The van der Waals surface area contributed by atoms with Gasteiger partial charge in [-0.1, -0.05) is 58.1 Å². The lowest BCUT2D eigenvalue weighted by Crippen LogP contribution is -2.31. The molecule has 2 nitrogen and oxygen atoms in total. The topological polar surface area (TPSA) is 26.3 Å². The number of unbranched alkanes of at least 4 members (excludes halogenated alkanes) is 3. The van der Waals surface area contributed by atoms with Gasteiger partial charge in [0.2, 0.25) is 0 Å². The Labute approximate surface area is 130 Å². The number of ether oxygens (including phenoxy) is 1. The molecule has 0 bridgehead atoms. The maximum Gasteiger partial charge on any atom is 0.305 e. The molecule has 2 aliphatic rings. The molecule has 1 saturated carbocycles. The lowest BCUT2D eigenvalue weighted by Gasteiger charge is -2.35. The number of allylic oxidation sites excluding steroid dienone is 1. The molecule has 0 saturated heterocycles. The fourth-order valence-electron chi connectivity index (χ4n) is 4.28. The fraction of sp³-hybridized carbons (Fsp3) is 0.842. The second kappa shape index (κ2) is 8.60. The summed E-state index contributed by atoms with van der Waals surface area (Å²) in [5, 5.41) is 0. The van der Waals surface area contributed by atoms with Gasteiger partial charge in [0, 0.05) is 12.3 Å². The monoisotopic (exact) mass is 292 g/mol. The number of carbonyl (C=O) groups excluding carboxylic acids is 1. The highest BCUT2D eigenvalue weighted by Gasteiger charge is 2.38. The van der Waals surface area contributed by atoms with E-state index < -0.39 is 0 Å². The Balaban J connectivity index is 1.74. The summed E-state index contributed by atoms with van der Waals surface area (Å²) in [4.78, 5) is 11.8. The number of fused-ring (bicyclic) bond motifs is 1. The molecule has 0 aromatic rings. The molecule has 0 radical (unpaired) electrons. The summed E-state index contributed by atoms with van der Waals surface area (Å²) >= 11 is 0. The zero-order valence-electron chi connectivity index (χ0n) is 13.9. The average molecular weight is 292 g/mol. The molecule has 4 atom stereocenters. The molecule has 0 aliphatic heterocycles. The van der Waals surface area contributed by atoms with Crippen LogP contribution in [-0.4, -0.2) is 12.6 Å². The highest BCUT2D eigenvalue weighted by atomic mass is 16.5. The van der Waals surface area contributed by atoms with Crippen molar-refractivity contribution < 1.29 is 9.53 Å². The van der Waals surface area contributed by atoms with Crippen LogP contribution in [0.4, 0.5) is 0 Å². The lowest BCUT2D eigenvalue weighted by atomic mass is 9.71. The van der Waals surface area contributed by atoms with Crippen LogP contribution < -0.4 is 0 Å². The van der Waals surface area contributed by atoms with Crippen molar-refractivity contribution in [1.29, 1.82) is 0 Å². The van der Waals surface area contributed by atoms with Crippen LogP contribution in [0.3, 0.4) is 0 Å². The SMILES string of the molecule is CCCCCCC(=O)OC[C@H]1C=C[C@@H]2CCC[C@@H]2[C@@H]1CC. The van der Waals surface area contributed by atoms with Gasteiger partial charge in [-0.25, -0.2) is 0 Å². The third-order valence-electron chi connectivity index (χ3n) is 5.47. The highest BCUT2D eigenvalue weighted by molar-refractivity contribution is 5.69. The standard InChI is InChI=1S/C19H32O2/c1-3-5-6-7-11-19(20)21-14-16-13-12-15-9-8-10-18(15)17(16)4-2/h12-13,15-18H,3-11,14H2,1-2H3/t15-,16+,17+,18-/m0/s1. The maximum absolute atomic E-state index is 11.8. The van der Waals surface area contributed by atoms with Gasteiger partial charge in [0.15, 0.2) is 0 Å². The Morgan fingerprint density at radius 1 is 1.14 bits per heavy atom. The highest BCUT2D eigenvalue weighted by Crippen LogP contribution is 2.45. The van der Waals surface area contributed by atoms with Crippen LogP contribution in [0.5, 0.6) is 0 Å². The van der Waals surface area contributed by atoms with Gasteiger partial charge in [-0.2, -0.15) is 0 Å². The van der Waals surface area contributed by atoms with E-state index in [2.05, 4.69) is 26.0 Å². The Bertz CT molecular complexity index is 347. The van der Waals surface area contributed by atoms with Gasteiger partial charge in [0.1, 0.15) is 0 Å². The van der Waals surface area contributed by atoms with Crippen LogP contribution in [-0.2, 0) is 9.53 Å². The summed E-state index contributed by atoms with van der Waals surface area (Å²) in [7, 11) is 0. The van der Waals surface area contributed by atoms with E-state index in [4.69, 9.17) is 4.74 Å². The van der Waals surface area contributed by atoms with Crippen molar-refractivity contribution in [3.63, 3.8) is 0 Å². The molecule has 21 heavy (non-hydrogen) atoms. The predicted octanol–water partition coefficient (Wildman–Crippen LogP) is 5.13. The maximum atomic E-state index is 11.8. The fourth-order valence-corrected chi connectivity index (χ4v) is 4.28. The minimum Gasteiger partial charge on any atom is -0.465 e. The van der Waals surface area contributed by atoms with E-state index in [9.17, 15) is 4.79 Å².